The molecule has 1 amide bonds. The molecule has 2 N–H and O–H groups in total. The zero-order chi connectivity index (χ0) is 34.6. The van der Waals surface area contributed by atoms with Crippen LogP contribution in [0.1, 0.15) is 51.0 Å². The van der Waals surface area contributed by atoms with Gasteiger partial charge in [-0.3, -0.25) is 14.7 Å². The molecule has 4 saturated heterocycles. The van der Waals surface area contributed by atoms with Crippen molar-refractivity contribution in [2.75, 3.05) is 58.1 Å². The van der Waals surface area contributed by atoms with Crippen molar-refractivity contribution in [2.45, 2.75) is 63.5 Å². The normalized spacial score (nSPS) is 25.2. The number of methoxy groups -OCH3 is 1. The number of anilines is 1. The predicted octanol–water partition coefficient (Wildman–Crippen LogP) is 4.75. The van der Waals surface area contributed by atoms with Crippen LogP contribution < -0.4 is 19.7 Å². The highest BCUT2D eigenvalue weighted by Gasteiger charge is 2.49. The average Bonchev–Trinajstić information content (AvgIpc) is 3.77. The van der Waals surface area contributed by atoms with E-state index in [0.717, 1.165) is 32.2 Å². The Labute approximate surface area is 288 Å². The van der Waals surface area contributed by atoms with E-state index >= 15 is 8.78 Å². The molecular formula is C37H42F2N6O5. The molecule has 11 nitrogen and oxygen atoms in total. The molecule has 0 bridgehead atoms. The van der Waals surface area contributed by atoms with Gasteiger partial charge in [0.15, 0.2) is 12.6 Å². The number of aliphatic hydroxyl groups is 1. The van der Waals surface area contributed by atoms with Gasteiger partial charge in [0.2, 0.25) is 5.91 Å². The molecular weight excluding hydrogens is 646 g/mol. The summed E-state index contributed by atoms with van der Waals surface area (Å²) < 4.78 is 49.7. The summed E-state index contributed by atoms with van der Waals surface area (Å²) in [5.41, 5.74) is 0.287. The Hall–Kier alpha value is -4.20. The number of halogens is 2. The fourth-order valence-electron chi connectivity index (χ4n) is 8.86. The van der Waals surface area contributed by atoms with Crippen LogP contribution in [0.4, 0.5) is 14.6 Å². The van der Waals surface area contributed by atoms with Crippen molar-refractivity contribution in [1.29, 1.82) is 0 Å². The Morgan fingerprint density at radius 2 is 1.98 bits per heavy atom. The zero-order valence-electron chi connectivity index (χ0n) is 28.4. The molecule has 50 heavy (non-hydrogen) atoms. The molecule has 4 aliphatic rings. The standard InChI is InChI=1S/C37H42F2N6O5/c1-3-25-28(38)7-6-22-12-24(50-21-48-2)13-26(30(22)25)32-31(39)33-27(16-40-32)34(44-10-4-8-36(19-44)15-29(47)41-18-36)43-35(42-33)49-20-37-9-5-11-45(37)17-23(46)14-37/h6-7,12-13,16,23,46H,3-5,8-11,14-15,17-21H2,1-2H3,(H,41,47)/t23-,36-,37+/m0/s1. The van der Waals surface area contributed by atoms with Gasteiger partial charge in [-0.25, -0.2) is 8.78 Å². The van der Waals surface area contributed by atoms with E-state index in [0.29, 0.717) is 84.3 Å². The Balaban J connectivity index is 1.27. The summed E-state index contributed by atoms with van der Waals surface area (Å²) in [6, 6.07) is 6.54. The molecule has 0 unspecified atom stereocenters. The van der Waals surface area contributed by atoms with Gasteiger partial charge in [-0.1, -0.05) is 13.0 Å². The minimum absolute atomic E-state index is 0.00134. The summed E-state index contributed by atoms with van der Waals surface area (Å²) in [5, 5.41) is 15.1. The van der Waals surface area contributed by atoms with Crippen LogP contribution in [0.15, 0.2) is 30.5 Å². The quantitative estimate of drug-likeness (QED) is 0.238. The van der Waals surface area contributed by atoms with E-state index in [1.54, 1.807) is 24.4 Å². The Kier molecular flexibility index (Phi) is 8.47. The number of rotatable bonds is 9. The lowest BCUT2D eigenvalue weighted by atomic mass is 9.79. The number of β-amino-alcohol motifs (C(OH)–C–C–N with tert-alkyl or cyclic N) is 1. The average molecular weight is 689 g/mol. The van der Waals surface area contributed by atoms with Gasteiger partial charge in [0.05, 0.1) is 17.0 Å². The predicted molar refractivity (Wildman–Crippen MR) is 183 cm³/mol. The summed E-state index contributed by atoms with van der Waals surface area (Å²) >= 11 is 0. The molecule has 8 rings (SSSR count). The number of benzene rings is 2. The van der Waals surface area contributed by atoms with E-state index in [1.165, 1.54) is 13.2 Å². The van der Waals surface area contributed by atoms with Crippen molar-refractivity contribution < 1.29 is 32.9 Å². The molecule has 4 aromatic rings. The number of aliphatic hydroxyl groups excluding tert-OH is 1. The summed E-state index contributed by atoms with van der Waals surface area (Å²) in [5.74, 6) is -0.115. The number of nitrogens with zero attached hydrogens (tertiary/aromatic N) is 5. The SMILES string of the molecule is CCc1c(F)ccc2cc(OCOC)cc(-c3ncc4c(N5CCC[C@]6(CNC(=O)C6)C5)nc(OC[C@]56CCCN5C[C@@H](O)C6)nc4c3F)c12. The number of ether oxygens (including phenoxy) is 3. The third kappa shape index (κ3) is 5.68. The lowest BCUT2D eigenvalue weighted by Crippen LogP contribution is -2.45. The summed E-state index contributed by atoms with van der Waals surface area (Å²) in [7, 11) is 1.51. The van der Waals surface area contributed by atoms with Crippen LogP contribution >= 0.6 is 0 Å². The number of nitrogens with one attached hydrogen (secondary N) is 1. The van der Waals surface area contributed by atoms with Crippen LogP contribution in [0.3, 0.4) is 0 Å². The van der Waals surface area contributed by atoms with E-state index in [2.05, 4.69) is 25.1 Å². The van der Waals surface area contributed by atoms with Crippen molar-refractivity contribution in [3.8, 4) is 23.0 Å². The van der Waals surface area contributed by atoms with E-state index in [4.69, 9.17) is 19.2 Å². The van der Waals surface area contributed by atoms with Crippen LogP contribution in [0, 0.1) is 17.0 Å². The van der Waals surface area contributed by atoms with Crippen molar-refractivity contribution in [3.05, 3.63) is 47.7 Å². The topological polar surface area (TPSA) is 122 Å². The summed E-state index contributed by atoms with van der Waals surface area (Å²) in [4.78, 5) is 30.9. The fraction of sp³-hybridized carbons (Fsp3) is 0.514. The first-order chi connectivity index (χ1) is 24.2. The Morgan fingerprint density at radius 1 is 1.12 bits per heavy atom. The highest BCUT2D eigenvalue weighted by atomic mass is 19.1. The zero-order valence-corrected chi connectivity index (χ0v) is 28.4. The van der Waals surface area contributed by atoms with E-state index < -0.39 is 11.9 Å². The van der Waals surface area contributed by atoms with E-state index in [-0.39, 0.29) is 53.3 Å². The molecule has 6 heterocycles. The summed E-state index contributed by atoms with van der Waals surface area (Å²) in [6.45, 7) is 5.39. The third-order valence-electron chi connectivity index (χ3n) is 11.2. The highest BCUT2D eigenvalue weighted by Crippen LogP contribution is 2.43. The van der Waals surface area contributed by atoms with Crippen LogP contribution in [0.5, 0.6) is 11.8 Å². The van der Waals surface area contributed by atoms with Gasteiger partial charge in [-0.15, -0.1) is 0 Å². The minimum atomic E-state index is -0.686. The number of carbonyl (C=O) groups excluding carboxylic acids is 1. The number of pyridine rings is 1. The molecule has 4 aliphatic heterocycles. The van der Waals surface area contributed by atoms with Crippen molar-refractivity contribution in [3.63, 3.8) is 0 Å². The van der Waals surface area contributed by atoms with Crippen LogP contribution in [-0.4, -0.2) is 95.7 Å². The van der Waals surface area contributed by atoms with Gasteiger partial charge < -0.3 is 29.5 Å². The van der Waals surface area contributed by atoms with Crippen LogP contribution in [-0.2, 0) is 16.0 Å². The maximum Gasteiger partial charge on any atom is 0.319 e. The van der Waals surface area contributed by atoms with Crippen LogP contribution in [0.2, 0.25) is 0 Å². The van der Waals surface area contributed by atoms with Gasteiger partial charge in [0.25, 0.3) is 0 Å². The van der Waals surface area contributed by atoms with Gasteiger partial charge in [-0.2, -0.15) is 9.97 Å². The number of amides is 1. The monoisotopic (exact) mass is 688 g/mol. The number of piperidine rings is 1. The van der Waals surface area contributed by atoms with E-state index in [9.17, 15) is 9.90 Å². The number of hydrogen-bond acceptors (Lipinski definition) is 10. The minimum Gasteiger partial charge on any atom is -0.468 e. The molecule has 0 radical (unpaired) electrons. The molecule has 2 aromatic heterocycles. The van der Waals surface area contributed by atoms with Gasteiger partial charge >= 0.3 is 6.01 Å². The number of hydrogen-bond donors (Lipinski definition) is 2. The lowest BCUT2D eigenvalue weighted by molar-refractivity contribution is -0.119. The van der Waals surface area contributed by atoms with E-state index in [1.807, 2.05) is 6.92 Å². The van der Waals surface area contributed by atoms with Gasteiger partial charge in [0.1, 0.15) is 35.2 Å². The molecule has 264 valence electrons. The second-order valence-electron chi connectivity index (χ2n) is 14.4. The summed E-state index contributed by atoms with van der Waals surface area (Å²) in [6.07, 6.45) is 6.19. The molecule has 0 aliphatic carbocycles. The molecule has 3 atom stereocenters. The van der Waals surface area contributed by atoms with Crippen molar-refractivity contribution in [1.82, 2.24) is 25.2 Å². The molecule has 2 aromatic carbocycles. The molecule has 1 spiro atoms. The Morgan fingerprint density at radius 3 is 2.78 bits per heavy atom. The highest BCUT2D eigenvalue weighted by molar-refractivity contribution is 6.02. The number of carbonyl (C=O) groups is 1. The third-order valence-corrected chi connectivity index (χ3v) is 11.2. The number of fused-ring (bicyclic) bond motifs is 3. The van der Waals surface area contributed by atoms with Crippen molar-refractivity contribution in [2.24, 2.45) is 5.41 Å². The molecule has 13 heteroatoms. The first kappa shape index (κ1) is 33.0. The second kappa shape index (κ2) is 12.8. The second-order valence-corrected chi connectivity index (χ2v) is 14.4. The maximum atomic E-state index is 17.2. The Bertz CT molecular complexity index is 1980. The lowest BCUT2D eigenvalue weighted by Gasteiger charge is -2.40. The van der Waals surface area contributed by atoms with Gasteiger partial charge in [-0.05, 0) is 79.6 Å². The van der Waals surface area contributed by atoms with Crippen molar-refractivity contribution >= 4 is 33.4 Å². The fourth-order valence-corrected chi connectivity index (χ4v) is 8.86. The smallest absolute Gasteiger partial charge is 0.319 e. The maximum absolute atomic E-state index is 17.2. The number of aromatic nitrogens is 3. The largest absolute Gasteiger partial charge is 0.468 e. The molecule has 0 saturated carbocycles. The van der Waals surface area contributed by atoms with Crippen LogP contribution in [0.25, 0.3) is 32.9 Å². The first-order valence-corrected chi connectivity index (χ1v) is 17.5. The first-order valence-electron chi connectivity index (χ1n) is 17.5. The van der Waals surface area contributed by atoms with Gasteiger partial charge in [0, 0.05) is 56.9 Å². The molecule has 4 fully saturated rings. The number of aryl methyl sites for hydroxylation is 1.